The first-order chi connectivity index (χ1) is 11.0. The molecular weight excluding hydrogens is 316 g/mol. The van der Waals surface area contributed by atoms with Crippen molar-refractivity contribution in [3.05, 3.63) is 35.9 Å². The number of anilines is 1. The van der Waals surface area contributed by atoms with Crippen LogP contribution in [0.3, 0.4) is 0 Å². The Kier molecular flexibility index (Phi) is 3.21. The standard InChI is InChI=1S/C16H14N2O4S/c1-7-2-3-8-11(6-7)23-16(17-8)18-14(19)12-9-4-5-10(22-9)13(12)15(20)21/h2-6,9-10,12-13H,1H3,(H,20,21)(H,17,18,19)/t9-,10+,12+,13+/m1/s1. The fraction of sp³-hybridized carbons (Fsp3) is 0.312. The highest BCUT2D eigenvalue weighted by Gasteiger charge is 2.53. The molecule has 0 saturated carbocycles. The van der Waals surface area contributed by atoms with Crippen molar-refractivity contribution in [2.24, 2.45) is 11.8 Å². The van der Waals surface area contributed by atoms with E-state index in [9.17, 15) is 14.7 Å². The lowest BCUT2D eigenvalue weighted by Gasteiger charge is -2.20. The maximum atomic E-state index is 12.5. The molecule has 1 saturated heterocycles. The van der Waals surface area contributed by atoms with Gasteiger partial charge in [-0.15, -0.1) is 0 Å². The third-order valence-corrected chi connectivity index (χ3v) is 5.20. The van der Waals surface area contributed by atoms with Crippen molar-refractivity contribution >= 4 is 38.6 Å². The lowest BCUT2D eigenvalue weighted by Crippen LogP contribution is -2.39. The van der Waals surface area contributed by atoms with Crippen LogP contribution < -0.4 is 5.32 Å². The number of carboxylic acid groups (broad SMARTS) is 1. The topological polar surface area (TPSA) is 88.5 Å². The van der Waals surface area contributed by atoms with Crippen LogP contribution in [0.25, 0.3) is 10.2 Å². The van der Waals surface area contributed by atoms with Crippen LogP contribution in [0, 0.1) is 18.8 Å². The van der Waals surface area contributed by atoms with Crippen molar-refractivity contribution in [3.63, 3.8) is 0 Å². The quantitative estimate of drug-likeness (QED) is 0.842. The molecule has 2 bridgehead atoms. The molecule has 0 spiro atoms. The number of ether oxygens (including phenoxy) is 1. The molecule has 0 unspecified atom stereocenters. The molecular formula is C16H14N2O4S. The molecule has 0 aliphatic carbocycles. The van der Waals surface area contributed by atoms with Gasteiger partial charge in [0.1, 0.15) is 5.92 Å². The van der Waals surface area contributed by atoms with E-state index in [4.69, 9.17) is 4.74 Å². The van der Waals surface area contributed by atoms with Crippen molar-refractivity contribution in [3.8, 4) is 0 Å². The molecule has 1 aromatic heterocycles. The van der Waals surface area contributed by atoms with E-state index in [-0.39, 0.29) is 5.91 Å². The number of carbonyl (C=O) groups is 2. The number of hydrogen-bond donors (Lipinski definition) is 2. The van der Waals surface area contributed by atoms with E-state index < -0.39 is 30.0 Å². The first-order valence-electron chi connectivity index (χ1n) is 7.27. The fourth-order valence-corrected chi connectivity index (χ4v) is 4.16. The predicted octanol–water partition coefficient (Wildman–Crippen LogP) is 2.20. The first-order valence-corrected chi connectivity index (χ1v) is 8.09. The van der Waals surface area contributed by atoms with Crippen LogP contribution in [-0.4, -0.2) is 34.2 Å². The summed E-state index contributed by atoms with van der Waals surface area (Å²) in [6.07, 6.45) is 2.48. The number of fused-ring (bicyclic) bond motifs is 3. The molecule has 118 valence electrons. The average Bonchev–Trinajstić information content (AvgIpc) is 3.18. The smallest absolute Gasteiger partial charge is 0.310 e. The molecule has 1 fully saturated rings. The number of aryl methyl sites for hydroxylation is 1. The second-order valence-electron chi connectivity index (χ2n) is 5.82. The van der Waals surface area contributed by atoms with Crippen molar-refractivity contribution in [2.75, 3.05) is 5.32 Å². The molecule has 1 aromatic carbocycles. The Labute approximate surface area is 135 Å². The maximum Gasteiger partial charge on any atom is 0.310 e. The Bertz CT molecular complexity index is 844. The van der Waals surface area contributed by atoms with E-state index in [1.807, 2.05) is 25.1 Å². The molecule has 6 nitrogen and oxygen atoms in total. The minimum absolute atomic E-state index is 0.356. The third kappa shape index (κ3) is 2.32. The van der Waals surface area contributed by atoms with Crippen LogP contribution in [0.4, 0.5) is 5.13 Å². The summed E-state index contributed by atoms with van der Waals surface area (Å²) in [7, 11) is 0. The van der Waals surface area contributed by atoms with Gasteiger partial charge in [0.25, 0.3) is 0 Å². The largest absolute Gasteiger partial charge is 0.481 e. The van der Waals surface area contributed by atoms with Gasteiger partial charge < -0.3 is 15.2 Å². The van der Waals surface area contributed by atoms with Crippen LogP contribution in [0.5, 0.6) is 0 Å². The highest BCUT2D eigenvalue weighted by Crippen LogP contribution is 2.40. The number of nitrogens with one attached hydrogen (secondary N) is 1. The van der Waals surface area contributed by atoms with Gasteiger partial charge in [-0.05, 0) is 24.6 Å². The predicted molar refractivity (Wildman–Crippen MR) is 85.4 cm³/mol. The number of amides is 1. The summed E-state index contributed by atoms with van der Waals surface area (Å²) in [5.74, 6) is -2.94. The van der Waals surface area contributed by atoms with E-state index in [1.165, 1.54) is 11.3 Å². The van der Waals surface area contributed by atoms with Crippen LogP contribution in [-0.2, 0) is 14.3 Å². The van der Waals surface area contributed by atoms with Crippen molar-refractivity contribution in [1.82, 2.24) is 4.98 Å². The summed E-state index contributed by atoms with van der Waals surface area (Å²) in [5, 5.41) is 12.6. The van der Waals surface area contributed by atoms with Gasteiger partial charge in [-0.1, -0.05) is 29.6 Å². The van der Waals surface area contributed by atoms with Crippen molar-refractivity contribution < 1.29 is 19.4 Å². The molecule has 2 N–H and O–H groups in total. The number of thiazole rings is 1. The summed E-state index contributed by atoms with van der Waals surface area (Å²) in [6.45, 7) is 1.99. The third-order valence-electron chi connectivity index (χ3n) is 4.26. The number of rotatable bonds is 3. The van der Waals surface area contributed by atoms with Crippen molar-refractivity contribution in [1.29, 1.82) is 0 Å². The van der Waals surface area contributed by atoms with Gasteiger partial charge in [-0.2, -0.15) is 0 Å². The monoisotopic (exact) mass is 330 g/mol. The minimum Gasteiger partial charge on any atom is -0.481 e. The van der Waals surface area contributed by atoms with Gasteiger partial charge in [-0.3, -0.25) is 9.59 Å². The normalized spacial score (nSPS) is 28.4. The zero-order valence-electron chi connectivity index (χ0n) is 12.2. The SMILES string of the molecule is Cc1ccc2nc(NC(=O)[C@@H]3[C@@H](C(=O)O)[C@@H]4C=C[C@H]3O4)sc2c1. The number of aliphatic carboxylic acids is 1. The molecule has 3 heterocycles. The second kappa shape index (κ2) is 5.14. The average molecular weight is 330 g/mol. The minimum atomic E-state index is -1.01. The fourth-order valence-electron chi connectivity index (χ4n) is 3.19. The van der Waals surface area contributed by atoms with Crippen LogP contribution in [0.2, 0.25) is 0 Å². The highest BCUT2D eigenvalue weighted by molar-refractivity contribution is 7.22. The van der Waals surface area contributed by atoms with Gasteiger partial charge in [0.05, 0.1) is 28.3 Å². The molecule has 1 amide bonds. The molecule has 23 heavy (non-hydrogen) atoms. The molecule has 4 atom stereocenters. The van der Waals surface area contributed by atoms with Gasteiger partial charge in [-0.25, -0.2) is 4.98 Å². The summed E-state index contributed by atoms with van der Waals surface area (Å²) in [5.41, 5.74) is 1.94. The molecule has 0 radical (unpaired) electrons. The lowest BCUT2D eigenvalue weighted by atomic mass is 9.82. The zero-order valence-corrected chi connectivity index (χ0v) is 13.0. The summed E-state index contributed by atoms with van der Waals surface area (Å²) in [4.78, 5) is 28.3. The summed E-state index contributed by atoms with van der Waals surface area (Å²) < 4.78 is 6.51. The molecule has 2 aliphatic rings. The summed E-state index contributed by atoms with van der Waals surface area (Å²) >= 11 is 1.38. The van der Waals surface area contributed by atoms with E-state index in [2.05, 4.69) is 10.3 Å². The Morgan fingerprint density at radius 1 is 1.26 bits per heavy atom. The highest BCUT2D eigenvalue weighted by atomic mass is 32.1. The van der Waals surface area contributed by atoms with E-state index in [0.29, 0.717) is 5.13 Å². The van der Waals surface area contributed by atoms with Gasteiger partial charge in [0.15, 0.2) is 5.13 Å². The Morgan fingerprint density at radius 2 is 2.00 bits per heavy atom. The second-order valence-corrected chi connectivity index (χ2v) is 6.85. The van der Waals surface area contributed by atoms with Gasteiger partial charge >= 0.3 is 5.97 Å². The van der Waals surface area contributed by atoms with E-state index in [0.717, 1.165) is 15.8 Å². The Morgan fingerprint density at radius 3 is 2.74 bits per heavy atom. The molecule has 2 aromatic rings. The van der Waals surface area contributed by atoms with Gasteiger partial charge in [0.2, 0.25) is 5.91 Å². The van der Waals surface area contributed by atoms with E-state index >= 15 is 0 Å². The molecule has 7 heteroatoms. The molecule has 4 rings (SSSR count). The van der Waals surface area contributed by atoms with Gasteiger partial charge in [0, 0.05) is 0 Å². The maximum absolute atomic E-state index is 12.5. The lowest BCUT2D eigenvalue weighted by molar-refractivity contribution is -0.145. The number of carboxylic acids is 1. The summed E-state index contributed by atoms with van der Waals surface area (Å²) in [6, 6.07) is 5.87. The number of benzene rings is 1. The van der Waals surface area contributed by atoms with Crippen molar-refractivity contribution in [2.45, 2.75) is 19.1 Å². The number of hydrogen-bond acceptors (Lipinski definition) is 5. The van der Waals surface area contributed by atoms with E-state index in [1.54, 1.807) is 12.2 Å². The number of carbonyl (C=O) groups excluding carboxylic acids is 1. The Hall–Kier alpha value is -2.25. The van der Waals surface area contributed by atoms with Crippen LogP contribution in [0.1, 0.15) is 5.56 Å². The number of nitrogens with zero attached hydrogens (tertiary/aromatic N) is 1. The number of aromatic nitrogens is 1. The Balaban J connectivity index is 1.59. The first kappa shape index (κ1) is 14.3. The molecule has 2 aliphatic heterocycles. The van der Waals surface area contributed by atoms with Crippen LogP contribution >= 0.6 is 11.3 Å². The zero-order chi connectivity index (χ0) is 16.1. The van der Waals surface area contributed by atoms with Crippen LogP contribution in [0.15, 0.2) is 30.4 Å².